The molecule has 1 saturated heterocycles. The van der Waals surface area contributed by atoms with Gasteiger partial charge in [0.15, 0.2) is 0 Å². The molecule has 0 aliphatic carbocycles. The molecule has 1 aliphatic heterocycles. The second-order valence-electron chi connectivity index (χ2n) is 5.63. The van der Waals surface area contributed by atoms with E-state index < -0.39 is 0 Å². The molecule has 3 aromatic rings. The van der Waals surface area contributed by atoms with Gasteiger partial charge in [-0.05, 0) is 37.3 Å². The van der Waals surface area contributed by atoms with Crippen molar-refractivity contribution in [2.45, 2.75) is 31.8 Å². The average molecular weight is 282 g/mol. The number of rotatable bonds is 2. The minimum atomic E-state index is 0.302. The van der Waals surface area contributed by atoms with E-state index in [0.717, 1.165) is 41.4 Å². The molecule has 0 saturated carbocycles. The van der Waals surface area contributed by atoms with Gasteiger partial charge in [-0.1, -0.05) is 12.1 Å². The van der Waals surface area contributed by atoms with Gasteiger partial charge in [0.2, 0.25) is 0 Å². The lowest BCUT2D eigenvalue weighted by Gasteiger charge is -2.23. The van der Waals surface area contributed by atoms with Crippen LogP contribution in [0.15, 0.2) is 24.5 Å². The first kappa shape index (κ1) is 12.6. The molecule has 1 aliphatic rings. The number of anilines is 1. The molecular weight excluding hydrogens is 264 g/mol. The number of aromatic nitrogens is 3. The van der Waals surface area contributed by atoms with Crippen LogP contribution >= 0.6 is 0 Å². The highest BCUT2D eigenvalue weighted by Crippen LogP contribution is 2.29. The van der Waals surface area contributed by atoms with E-state index in [9.17, 15) is 0 Å². The van der Waals surface area contributed by atoms with Crippen molar-refractivity contribution in [3.8, 4) is 0 Å². The second kappa shape index (κ2) is 5.00. The summed E-state index contributed by atoms with van der Waals surface area (Å²) in [6.07, 6.45) is 6.44. The van der Waals surface area contributed by atoms with Crippen LogP contribution in [0.5, 0.6) is 0 Å². The summed E-state index contributed by atoms with van der Waals surface area (Å²) in [6.45, 7) is 0.873. The van der Waals surface area contributed by atoms with Crippen molar-refractivity contribution >= 4 is 27.8 Å². The van der Waals surface area contributed by atoms with Crippen LogP contribution in [-0.2, 0) is 11.2 Å². The molecule has 21 heavy (non-hydrogen) atoms. The molecule has 1 fully saturated rings. The van der Waals surface area contributed by atoms with E-state index in [2.05, 4.69) is 21.0 Å². The fourth-order valence-corrected chi connectivity index (χ4v) is 3.20. The fraction of sp³-hybridized carbons (Fsp3) is 0.375. The van der Waals surface area contributed by atoms with Crippen molar-refractivity contribution in [2.24, 2.45) is 0 Å². The molecule has 5 heteroatoms. The van der Waals surface area contributed by atoms with E-state index in [-0.39, 0.29) is 0 Å². The Kier molecular flexibility index (Phi) is 3.00. The van der Waals surface area contributed by atoms with Crippen molar-refractivity contribution in [3.05, 3.63) is 30.1 Å². The zero-order chi connectivity index (χ0) is 14.2. The standard InChI is InChI=1S/C16H18N4O/c17-16-15-14(18-9-19-15)13-10(4-3-6-12(13)20-16)8-11-5-1-2-7-21-11/h3-4,6,9,11H,1-2,5,7-8H2,(H2,17,20)(H,18,19). The highest BCUT2D eigenvalue weighted by molar-refractivity contribution is 6.07. The number of imidazole rings is 1. The summed E-state index contributed by atoms with van der Waals surface area (Å²) in [4.78, 5) is 12.0. The van der Waals surface area contributed by atoms with Gasteiger partial charge in [0.1, 0.15) is 16.9 Å². The average Bonchev–Trinajstić information content (AvgIpc) is 2.98. The van der Waals surface area contributed by atoms with Crippen molar-refractivity contribution in [2.75, 3.05) is 12.3 Å². The predicted octanol–water partition coefficient (Wildman–Crippen LogP) is 2.80. The number of benzene rings is 1. The molecule has 1 aromatic carbocycles. The lowest BCUT2D eigenvalue weighted by molar-refractivity contribution is 0.0170. The molecule has 0 amide bonds. The number of aromatic amines is 1. The van der Waals surface area contributed by atoms with Gasteiger partial charge in [-0.2, -0.15) is 0 Å². The van der Waals surface area contributed by atoms with Crippen LogP contribution in [0.4, 0.5) is 5.82 Å². The Morgan fingerprint density at radius 2 is 2.29 bits per heavy atom. The number of nitrogens with one attached hydrogen (secondary N) is 1. The normalized spacial score (nSPS) is 19.3. The third kappa shape index (κ3) is 2.14. The molecule has 0 radical (unpaired) electrons. The summed E-state index contributed by atoms with van der Waals surface area (Å²) in [5, 5.41) is 1.09. The van der Waals surface area contributed by atoms with Gasteiger partial charge in [0.05, 0.1) is 17.9 Å². The van der Waals surface area contributed by atoms with Gasteiger partial charge in [0, 0.05) is 12.0 Å². The number of nitrogens with two attached hydrogens (primary N) is 1. The van der Waals surface area contributed by atoms with Gasteiger partial charge in [-0.25, -0.2) is 9.97 Å². The fourth-order valence-electron chi connectivity index (χ4n) is 3.20. The maximum absolute atomic E-state index is 5.99. The Morgan fingerprint density at radius 3 is 3.14 bits per heavy atom. The van der Waals surface area contributed by atoms with Crippen LogP contribution in [0.2, 0.25) is 0 Å². The van der Waals surface area contributed by atoms with E-state index in [4.69, 9.17) is 10.5 Å². The molecule has 108 valence electrons. The number of nitrogens with zero attached hydrogens (tertiary/aromatic N) is 2. The minimum absolute atomic E-state index is 0.302. The zero-order valence-corrected chi connectivity index (χ0v) is 11.8. The van der Waals surface area contributed by atoms with E-state index >= 15 is 0 Å². The SMILES string of the molecule is Nc1nc2cccc(CC3CCCCO3)c2c2nc[nH]c12. The lowest BCUT2D eigenvalue weighted by Crippen LogP contribution is -2.21. The summed E-state index contributed by atoms with van der Waals surface area (Å²) in [6, 6.07) is 6.17. The van der Waals surface area contributed by atoms with Crippen molar-refractivity contribution in [1.82, 2.24) is 15.0 Å². The highest BCUT2D eigenvalue weighted by atomic mass is 16.5. The zero-order valence-electron chi connectivity index (χ0n) is 11.8. The number of ether oxygens (including phenoxy) is 1. The molecule has 3 N–H and O–H groups in total. The molecule has 2 aromatic heterocycles. The molecule has 5 nitrogen and oxygen atoms in total. The molecular formula is C16H18N4O. The highest BCUT2D eigenvalue weighted by Gasteiger charge is 2.18. The molecule has 1 atom stereocenters. The number of hydrogen-bond acceptors (Lipinski definition) is 4. The van der Waals surface area contributed by atoms with Crippen molar-refractivity contribution in [3.63, 3.8) is 0 Å². The lowest BCUT2D eigenvalue weighted by atomic mass is 9.97. The van der Waals surface area contributed by atoms with E-state index in [1.807, 2.05) is 12.1 Å². The maximum atomic E-state index is 5.99. The monoisotopic (exact) mass is 282 g/mol. The number of fused-ring (bicyclic) bond motifs is 3. The second-order valence-corrected chi connectivity index (χ2v) is 5.63. The summed E-state index contributed by atoms with van der Waals surface area (Å²) in [7, 11) is 0. The van der Waals surface area contributed by atoms with E-state index in [0.29, 0.717) is 11.9 Å². The van der Waals surface area contributed by atoms with E-state index in [1.165, 1.54) is 18.4 Å². The Morgan fingerprint density at radius 1 is 1.33 bits per heavy atom. The van der Waals surface area contributed by atoms with Crippen LogP contribution in [0.3, 0.4) is 0 Å². The van der Waals surface area contributed by atoms with Gasteiger partial charge < -0.3 is 15.5 Å². The first-order valence-electron chi connectivity index (χ1n) is 7.44. The number of H-pyrrole nitrogens is 1. The van der Waals surface area contributed by atoms with Crippen LogP contribution in [0, 0.1) is 0 Å². The largest absolute Gasteiger partial charge is 0.382 e. The van der Waals surface area contributed by atoms with Gasteiger partial charge in [0.25, 0.3) is 0 Å². The van der Waals surface area contributed by atoms with Crippen molar-refractivity contribution in [1.29, 1.82) is 0 Å². The topological polar surface area (TPSA) is 76.8 Å². The summed E-state index contributed by atoms with van der Waals surface area (Å²) in [5.41, 5.74) is 9.86. The molecule has 4 rings (SSSR count). The summed E-state index contributed by atoms with van der Waals surface area (Å²) >= 11 is 0. The maximum Gasteiger partial charge on any atom is 0.150 e. The molecule has 1 unspecified atom stereocenters. The first-order valence-corrected chi connectivity index (χ1v) is 7.44. The Bertz CT molecular complexity index is 789. The van der Waals surface area contributed by atoms with Crippen LogP contribution in [-0.4, -0.2) is 27.7 Å². The van der Waals surface area contributed by atoms with Gasteiger partial charge >= 0.3 is 0 Å². The van der Waals surface area contributed by atoms with E-state index in [1.54, 1.807) is 6.33 Å². The predicted molar refractivity (Wildman–Crippen MR) is 83.1 cm³/mol. The molecule has 3 heterocycles. The number of hydrogen-bond donors (Lipinski definition) is 2. The van der Waals surface area contributed by atoms with Crippen LogP contribution in [0.1, 0.15) is 24.8 Å². The molecule has 0 bridgehead atoms. The first-order chi connectivity index (χ1) is 10.3. The Balaban J connectivity index is 1.86. The third-order valence-corrected chi connectivity index (χ3v) is 4.22. The molecule has 0 spiro atoms. The quantitative estimate of drug-likeness (QED) is 0.757. The van der Waals surface area contributed by atoms with Crippen molar-refractivity contribution < 1.29 is 4.74 Å². The van der Waals surface area contributed by atoms with Gasteiger partial charge in [-0.3, -0.25) is 0 Å². The number of nitrogen functional groups attached to an aromatic ring is 1. The smallest absolute Gasteiger partial charge is 0.150 e. The third-order valence-electron chi connectivity index (χ3n) is 4.22. The minimum Gasteiger partial charge on any atom is -0.382 e. The summed E-state index contributed by atoms with van der Waals surface area (Å²) in [5.74, 6) is 0.501. The Hall–Kier alpha value is -2.14. The van der Waals surface area contributed by atoms with Gasteiger partial charge in [-0.15, -0.1) is 0 Å². The summed E-state index contributed by atoms with van der Waals surface area (Å²) < 4.78 is 5.87. The van der Waals surface area contributed by atoms with Crippen LogP contribution < -0.4 is 5.73 Å². The number of pyridine rings is 1. The van der Waals surface area contributed by atoms with Crippen LogP contribution in [0.25, 0.3) is 21.9 Å². The Labute approximate surface area is 122 Å².